The Kier molecular flexibility index (Phi) is 6.74. The van der Waals surface area contributed by atoms with Crippen LogP contribution in [-0.4, -0.2) is 50.9 Å². The molecule has 2 N–H and O–H groups in total. The van der Waals surface area contributed by atoms with Crippen LogP contribution in [-0.2, 0) is 30.7 Å². The molecule has 1 aliphatic rings. The molecule has 2 atom stereocenters. The average molecular weight is 423 g/mol. The van der Waals surface area contributed by atoms with Crippen LogP contribution in [0.15, 0.2) is 67.0 Å². The molecule has 1 amide bonds. The minimum Gasteiger partial charge on any atom is -0.390 e. The van der Waals surface area contributed by atoms with E-state index in [0.717, 1.165) is 5.56 Å². The van der Waals surface area contributed by atoms with Gasteiger partial charge in [-0.2, -0.15) is 5.10 Å². The lowest BCUT2D eigenvalue weighted by molar-refractivity contribution is -0.127. The highest BCUT2D eigenvalue weighted by Crippen LogP contribution is 2.24. The zero-order chi connectivity index (χ0) is 21.6. The molecule has 0 spiro atoms. The first-order valence-corrected chi connectivity index (χ1v) is 10.6. The van der Waals surface area contributed by atoms with E-state index in [1.54, 1.807) is 23.0 Å². The molecule has 0 unspecified atom stereocenters. The molecule has 31 heavy (non-hydrogen) atoms. The zero-order valence-corrected chi connectivity index (χ0v) is 17.3. The maximum Gasteiger partial charge on any atom is 0.237 e. The SMILES string of the molecule is O=C(NCCc1ccc(F)cc1)[C@H]1Cc2ccccc2CN1C[C@@H](O)Cn1cccn1. The molecule has 3 aromatic rings. The molecule has 2 aromatic carbocycles. The Labute approximate surface area is 181 Å². The number of nitrogens with zero attached hydrogens (tertiary/aromatic N) is 3. The van der Waals surface area contributed by atoms with Gasteiger partial charge in [-0.3, -0.25) is 14.4 Å². The van der Waals surface area contributed by atoms with Gasteiger partial charge in [0.05, 0.1) is 18.7 Å². The molecule has 4 rings (SSSR count). The van der Waals surface area contributed by atoms with Gasteiger partial charge in [0.2, 0.25) is 5.91 Å². The highest BCUT2D eigenvalue weighted by atomic mass is 19.1. The first kappa shape index (κ1) is 21.2. The molecule has 162 valence electrons. The van der Waals surface area contributed by atoms with E-state index in [2.05, 4.69) is 22.5 Å². The van der Waals surface area contributed by atoms with Crippen LogP contribution in [0.4, 0.5) is 4.39 Å². The van der Waals surface area contributed by atoms with Gasteiger partial charge in [-0.25, -0.2) is 4.39 Å². The lowest BCUT2D eigenvalue weighted by atomic mass is 9.93. The normalized spacial score (nSPS) is 17.2. The summed E-state index contributed by atoms with van der Waals surface area (Å²) in [7, 11) is 0. The van der Waals surface area contributed by atoms with Gasteiger partial charge in [0, 0.05) is 32.0 Å². The number of rotatable bonds is 8. The Morgan fingerprint density at radius 2 is 1.90 bits per heavy atom. The second-order valence-corrected chi connectivity index (χ2v) is 7.97. The summed E-state index contributed by atoms with van der Waals surface area (Å²) in [5, 5.41) is 17.8. The third kappa shape index (κ3) is 5.57. The Morgan fingerprint density at radius 3 is 2.65 bits per heavy atom. The summed E-state index contributed by atoms with van der Waals surface area (Å²) in [6.07, 6.45) is 4.10. The summed E-state index contributed by atoms with van der Waals surface area (Å²) in [6.45, 7) is 1.85. The number of benzene rings is 2. The van der Waals surface area contributed by atoms with Crippen molar-refractivity contribution in [3.63, 3.8) is 0 Å². The number of fused-ring (bicyclic) bond motifs is 1. The van der Waals surface area contributed by atoms with Gasteiger partial charge in [0.1, 0.15) is 5.82 Å². The van der Waals surface area contributed by atoms with Gasteiger partial charge in [-0.1, -0.05) is 36.4 Å². The van der Waals surface area contributed by atoms with Crippen molar-refractivity contribution in [2.24, 2.45) is 0 Å². The van der Waals surface area contributed by atoms with E-state index in [1.165, 1.54) is 23.3 Å². The van der Waals surface area contributed by atoms with Crippen molar-refractivity contribution in [3.05, 3.63) is 89.5 Å². The predicted molar refractivity (Wildman–Crippen MR) is 116 cm³/mol. The number of nitrogens with one attached hydrogen (secondary N) is 1. The maximum absolute atomic E-state index is 13.1. The number of halogens is 1. The van der Waals surface area contributed by atoms with Gasteiger partial charge >= 0.3 is 0 Å². The molecule has 7 heteroatoms. The van der Waals surface area contributed by atoms with Crippen molar-refractivity contribution in [2.75, 3.05) is 13.1 Å². The topological polar surface area (TPSA) is 70.4 Å². The fraction of sp³-hybridized carbons (Fsp3) is 0.333. The van der Waals surface area contributed by atoms with Gasteiger partial charge < -0.3 is 10.4 Å². The van der Waals surface area contributed by atoms with Crippen LogP contribution in [0.25, 0.3) is 0 Å². The second-order valence-electron chi connectivity index (χ2n) is 7.97. The summed E-state index contributed by atoms with van der Waals surface area (Å²) >= 11 is 0. The number of carbonyl (C=O) groups excluding carboxylic acids is 1. The number of carbonyl (C=O) groups is 1. The maximum atomic E-state index is 13.1. The molecule has 0 bridgehead atoms. The second kappa shape index (κ2) is 9.85. The highest BCUT2D eigenvalue weighted by Gasteiger charge is 2.32. The number of hydrogen-bond donors (Lipinski definition) is 2. The predicted octanol–water partition coefficient (Wildman–Crippen LogP) is 2.17. The Hall–Kier alpha value is -3.03. The summed E-state index contributed by atoms with van der Waals surface area (Å²) in [4.78, 5) is 15.1. The molecule has 0 radical (unpaired) electrons. The van der Waals surface area contributed by atoms with Crippen molar-refractivity contribution in [2.45, 2.75) is 38.1 Å². The molecule has 6 nitrogen and oxygen atoms in total. The highest BCUT2D eigenvalue weighted by molar-refractivity contribution is 5.82. The number of aromatic nitrogens is 2. The van der Waals surface area contributed by atoms with Crippen molar-refractivity contribution in [1.29, 1.82) is 0 Å². The molecule has 0 saturated carbocycles. The zero-order valence-electron chi connectivity index (χ0n) is 17.3. The van der Waals surface area contributed by atoms with E-state index in [1.807, 2.05) is 29.3 Å². The van der Waals surface area contributed by atoms with Gasteiger partial charge in [0.15, 0.2) is 0 Å². The van der Waals surface area contributed by atoms with Crippen LogP contribution >= 0.6 is 0 Å². The van der Waals surface area contributed by atoms with E-state index < -0.39 is 6.10 Å². The van der Waals surface area contributed by atoms with Crippen molar-refractivity contribution in [1.82, 2.24) is 20.0 Å². The summed E-state index contributed by atoms with van der Waals surface area (Å²) < 4.78 is 14.8. The molecule has 1 aliphatic heterocycles. The largest absolute Gasteiger partial charge is 0.390 e. The number of β-amino-alcohol motifs (C(OH)–C–C–N with tert-alkyl or cyclic N) is 1. The monoisotopic (exact) mass is 422 g/mol. The van der Waals surface area contributed by atoms with Gasteiger partial charge in [0.25, 0.3) is 0 Å². The van der Waals surface area contributed by atoms with Crippen LogP contribution in [0, 0.1) is 5.82 Å². The third-order valence-electron chi connectivity index (χ3n) is 5.68. The summed E-state index contributed by atoms with van der Waals surface area (Å²) in [5.41, 5.74) is 3.32. The van der Waals surface area contributed by atoms with Crippen molar-refractivity contribution >= 4 is 5.91 Å². The van der Waals surface area contributed by atoms with E-state index >= 15 is 0 Å². The number of hydrogen-bond acceptors (Lipinski definition) is 4. The summed E-state index contributed by atoms with van der Waals surface area (Å²) in [5.74, 6) is -0.319. The molecule has 0 aliphatic carbocycles. The van der Waals surface area contributed by atoms with E-state index in [4.69, 9.17) is 0 Å². The molecule has 2 heterocycles. The standard InChI is InChI=1S/C24H27FN4O2/c25-21-8-6-18(7-9-21)10-12-26-24(31)23-14-19-4-1-2-5-20(19)15-28(23)16-22(30)17-29-13-3-11-27-29/h1-9,11,13,22-23,30H,10,12,14-17H2,(H,26,31)/t22-,23-/m1/s1. The van der Waals surface area contributed by atoms with Crippen LogP contribution in [0.5, 0.6) is 0 Å². The van der Waals surface area contributed by atoms with Crippen molar-refractivity contribution in [3.8, 4) is 0 Å². The van der Waals surface area contributed by atoms with Crippen LogP contribution in [0.2, 0.25) is 0 Å². The van der Waals surface area contributed by atoms with Crippen LogP contribution in [0.3, 0.4) is 0 Å². The fourth-order valence-corrected chi connectivity index (χ4v) is 4.08. The summed E-state index contributed by atoms with van der Waals surface area (Å²) in [6, 6.07) is 15.9. The average Bonchev–Trinajstić information content (AvgIpc) is 3.27. The lowest BCUT2D eigenvalue weighted by Gasteiger charge is -2.37. The molecular formula is C24H27FN4O2. The molecule has 0 fully saturated rings. The van der Waals surface area contributed by atoms with Crippen LogP contribution < -0.4 is 5.32 Å². The van der Waals surface area contributed by atoms with E-state index in [0.29, 0.717) is 39.0 Å². The lowest BCUT2D eigenvalue weighted by Crippen LogP contribution is -2.52. The van der Waals surface area contributed by atoms with E-state index in [-0.39, 0.29) is 17.8 Å². The van der Waals surface area contributed by atoms with Crippen LogP contribution in [0.1, 0.15) is 16.7 Å². The Balaban J connectivity index is 1.40. The Morgan fingerprint density at radius 1 is 1.13 bits per heavy atom. The molecular weight excluding hydrogens is 395 g/mol. The first-order valence-electron chi connectivity index (χ1n) is 10.6. The quantitative estimate of drug-likeness (QED) is 0.584. The number of aliphatic hydroxyl groups excluding tert-OH is 1. The number of aliphatic hydroxyl groups is 1. The first-order chi connectivity index (χ1) is 15.1. The molecule has 1 aromatic heterocycles. The van der Waals surface area contributed by atoms with E-state index in [9.17, 15) is 14.3 Å². The smallest absolute Gasteiger partial charge is 0.237 e. The number of amides is 1. The van der Waals surface area contributed by atoms with Crippen molar-refractivity contribution < 1.29 is 14.3 Å². The third-order valence-corrected chi connectivity index (χ3v) is 5.68. The van der Waals surface area contributed by atoms with Gasteiger partial charge in [-0.05, 0) is 47.7 Å². The molecule has 0 saturated heterocycles. The fourth-order valence-electron chi connectivity index (χ4n) is 4.08. The minimum atomic E-state index is -0.639. The Bertz CT molecular complexity index is 991. The van der Waals surface area contributed by atoms with Gasteiger partial charge in [-0.15, -0.1) is 0 Å². The minimum absolute atomic E-state index is 0.0529.